The van der Waals surface area contributed by atoms with E-state index in [1.807, 2.05) is 6.92 Å². The second-order valence-corrected chi connectivity index (χ2v) is 5.78. The number of benzene rings is 1. The molecule has 1 aromatic carbocycles. The lowest BCUT2D eigenvalue weighted by molar-refractivity contribution is 0.119. The first-order chi connectivity index (χ1) is 10.5. The molecule has 0 aliphatic carbocycles. The summed E-state index contributed by atoms with van der Waals surface area (Å²) in [5, 5.41) is 13.6. The van der Waals surface area contributed by atoms with E-state index in [2.05, 4.69) is 20.8 Å². The van der Waals surface area contributed by atoms with Crippen LogP contribution in [0.25, 0.3) is 10.6 Å². The third-order valence-electron chi connectivity index (χ3n) is 2.77. The molecule has 1 heterocycles. The Balaban J connectivity index is 2.04. The van der Waals surface area contributed by atoms with Crippen LogP contribution in [0, 0.1) is 5.82 Å². The zero-order valence-electron chi connectivity index (χ0n) is 11.9. The van der Waals surface area contributed by atoms with E-state index in [0.717, 1.165) is 11.3 Å². The number of urea groups is 1. The molecule has 0 unspecified atom stereocenters. The molecule has 2 amide bonds. The summed E-state index contributed by atoms with van der Waals surface area (Å²) < 4.78 is 18.8. The first-order valence-corrected chi connectivity index (χ1v) is 7.56. The van der Waals surface area contributed by atoms with Crippen molar-refractivity contribution in [2.24, 2.45) is 0 Å². The maximum Gasteiger partial charge on any atom is 0.321 e. The van der Waals surface area contributed by atoms with Crippen LogP contribution in [0.15, 0.2) is 18.2 Å². The number of halogens is 2. The average molecular weight is 345 g/mol. The molecule has 2 aromatic rings. The van der Waals surface area contributed by atoms with Crippen LogP contribution in [0.5, 0.6) is 0 Å². The van der Waals surface area contributed by atoms with Gasteiger partial charge in [-0.3, -0.25) is 5.32 Å². The molecule has 0 bridgehead atoms. The summed E-state index contributed by atoms with van der Waals surface area (Å²) in [6.45, 7) is 2.18. The van der Waals surface area contributed by atoms with E-state index in [1.54, 1.807) is 13.2 Å². The van der Waals surface area contributed by atoms with Crippen molar-refractivity contribution in [3.05, 3.63) is 29.0 Å². The minimum atomic E-state index is -0.492. The summed E-state index contributed by atoms with van der Waals surface area (Å²) in [5.74, 6) is -0.492. The van der Waals surface area contributed by atoms with Gasteiger partial charge in [-0.05, 0) is 19.1 Å². The van der Waals surface area contributed by atoms with Crippen molar-refractivity contribution in [2.75, 3.05) is 19.0 Å². The Labute approximate surface area is 135 Å². The fourth-order valence-electron chi connectivity index (χ4n) is 1.54. The van der Waals surface area contributed by atoms with E-state index in [0.29, 0.717) is 11.6 Å². The SMILES string of the molecule is CO[C@H](C)CNC(=O)Nc1nnc(-c2c(F)cccc2Cl)s1. The number of amides is 2. The zero-order valence-corrected chi connectivity index (χ0v) is 13.5. The molecule has 22 heavy (non-hydrogen) atoms. The van der Waals surface area contributed by atoms with Crippen molar-refractivity contribution >= 4 is 34.1 Å². The predicted octanol–water partition coefficient (Wildman–Crippen LogP) is 3.15. The molecule has 2 rings (SSSR count). The molecular weight excluding hydrogens is 331 g/mol. The van der Waals surface area contributed by atoms with Gasteiger partial charge in [0, 0.05) is 13.7 Å². The molecule has 0 aliphatic heterocycles. The van der Waals surface area contributed by atoms with Crippen molar-refractivity contribution in [3.63, 3.8) is 0 Å². The number of nitrogens with one attached hydrogen (secondary N) is 2. The Bertz CT molecular complexity index is 647. The fourth-order valence-corrected chi connectivity index (χ4v) is 2.65. The van der Waals surface area contributed by atoms with E-state index in [-0.39, 0.29) is 21.8 Å². The van der Waals surface area contributed by atoms with Crippen molar-refractivity contribution in [1.82, 2.24) is 15.5 Å². The van der Waals surface area contributed by atoms with Gasteiger partial charge < -0.3 is 10.1 Å². The lowest BCUT2D eigenvalue weighted by Gasteiger charge is -2.10. The quantitative estimate of drug-likeness (QED) is 0.873. The highest BCUT2D eigenvalue weighted by Crippen LogP contribution is 2.33. The van der Waals surface area contributed by atoms with Gasteiger partial charge >= 0.3 is 6.03 Å². The molecule has 0 saturated carbocycles. The molecule has 0 spiro atoms. The summed E-state index contributed by atoms with van der Waals surface area (Å²) in [6, 6.07) is 3.92. The number of hydrogen-bond acceptors (Lipinski definition) is 5. The highest BCUT2D eigenvalue weighted by atomic mass is 35.5. The molecule has 1 aromatic heterocycles. The van der Waals surface area contributed by atoms with E-state index in [1.165, 1.54) is 12.1 Å². The van der Waals surface area contributed by atoms with Crippen LogP contribution < -0.4 is 10.6 Å². The largest absolute Gasteiger partial charge is 0.380 e. The van der Waals surface area contributed by atoms with Crippen LogP contribution in [0.2, 0.25) is 5.02 Å². The second-order valence-electron chi connectivity index (χ2n) is 4.39. The number of methoxy groups -OCH3 is 1. The summed E-state index contributed by atoms with van der Waals surface area (Å²) >= 11 is 7.00. The molecule has 0 saturated heterocycles. The van der Waals surface area contributed by atoms with E-state index in [9.17, 15) is 9.18 Å². The lowest BCUT2D eigenvalue weighted by atomic mass is 10.2. The van der Waals surface area contributed by atoms with Gasteiger partial charge in [0.25, 0.3) is 0 Å². The van der Waals surface area contributed by atoms with Gasteiger partial charge in [0.15, 0.2) is 5.01 Å². The van der Waals surface area contributed by atoms with Gasteiger partial charge in [-0.15, -0.1) is 10.2 Å². The molecule has 0 radical (unpaired) electrons. The van der Waals surface area contributed by atoms with E-state index in [4.69, 9.17) is 16.3 Å². The number of aromatic nitrogens is 2. The number of hydrogen-bond donors (Lipinski definition) is 2. The number of nitrogens with zero attached hydrogens (tertiary/aromatic N) is 2. The molecular formula is C13H14ClFN4O2S. The molecule has 118 valence electrons. The Hall–Kier alpha value is -1.77. The Kier molecular flexibility index (Phi) is 5.64. The van der Waals surface area contributed by atoms with Crippen LogP contribution in [0.1, 0.15) is 6.92 Å². The molecule has 2 N–H and O–H groups in total. The zero-order chi connectivity index (χ0) is 16.1. The number of carbonyl (C=O) groups is 1. The van der Waals surface area contributed by atoms with Gasteiger partial charge in [0.05, 0.1) is 16.7 Å². The van der Waals surface area contributed by atoms with Gasteiger partial charge in [-0.25, -0.2) is 9.18 Å². The van der Waals surface area contributed by atoms with Crippen molar-refractivity contribution in [2.45, 2.75) is 13.0 Å². The molecule has 0 aliphatic rings. The van der Waals surface area contributed by atoms with Gasteiger partial charge in [-0.1, -0.05) is 29.0 Å². The summed E-state index contributed by atoms with van der Waals surface area (Å²) in [6.07, 6.45) is -0.104. The minimum absolute atomic E-state index is 0.104. The van der Waals surface area contributed by atoms with Crippen LogP contribution in [-0.4, -0.2) is 36.0 Å². The maximum absolute atomic E-state index is 13.8. The van der Waals surface area contributed by atoms with Gasteiger partial charge in [0.2, 0.25) is 5.13 Å². The topological polar surface area (TPSA) is 76.1 Å². The second kappa shape index (κ2) is 7.48. The minimum Gasteiger partial charge on any atom is -0.380 e. The fraction of sp³-hybridized carbons (Fsp3) is 0.308. The monoisotopic (exact) mass is 344 g/mol. The Morgan fingerprint density at radius 2 is 2.27 bits per heavy atom. The molecule has 0 fully saturated rings. The predicted molar refractivity (Wildman–Crippen MR) is 83.8 cm³/mol. The number of carbonyl (C=O) groups excluding carboxylic acids is 1. The standard InChI is InChI=1S/C13H14ClFN4O2S/c1-7(21-2)6-16-12(20)17-13-19-18-11(22-13)10-8(14)4-3-5-9(10)15/h3-5,7H,6H2,1-2H3,(H2,16,17,19,20)/t7-/m1/s1. The van der Waals surface area contributed by atoms with Crippen molar-refractivity contribution < 1.29 is 13.9 Å². The van der Waals surface area contributed by atoms with E-state index >= 15 is 0 Å². The Morgan fingerprint density at radius 3 is 2.95 bits per heavy atom. The highest BCUT2D eigenvalue weighted by molar-refractivity contribution is 7.18. The number of anilines is 1. The number of ether oxygens (including phenoxy) is 1. The molecule has 1 atom stereocenters. The molecule has 9 heteroatoms. The Morgan fingerprint density at radius 1 is 1.50 bits per heavy atom. The summed E-state index contributed by atoms with van der Waals surface area (Å²) in [7, 11) is 1.55. The third kappa shape index (κ3) is 4.12. The van der Waals surface area contributed by atoms with Crippen molar-refractivity contribution in [3.8, 4) is 10.6 Å². The summed E-state index contributed by atoms with van der Waals surface area (Å²) in [5.41, 5.74) is 0.170. The van der Waals surface area contributed by atoms with E-state index < -0.39 is 11.8 Å². The first-order valence-electron chi connectivity index (χ1n) is 6.36. The average Bonchev–Trinajstić information content (AvgIpc) is 2.92. The highest BCUT2D eigenvalue weighted by Gasteiger charge is 2.16. The smallest absolute Gasteiger partial charge is 0.321 e. The van der Waals surface area contributed by atoms with Gasteiger partial charge in [0.1, 0.15) is 5.82 Å². The number of rotatable bonds is 5. The lowest BCUT2D eigenvalue weighted by Crippen LogP contribution is -2.34. The molecule has 6 nitrogen and oxygen atoms in total. The van der Waals surface area contributed by atoms with Crippen LogP contribution in [-0.2, 0) is 4.74 Å². The normalized spacial score (nSPS) is 12.0. The van der Waals surface area contributed by atoms with Gasteiger partial charge in [-0.2, -0.15) is 0 Å². The maximum atomic E-state index is 13.8. The van der Waals surface area contributed by atoms with Crippen LogP contribution in [0.3, 0.4) is 0 Å². The third-order valence-corrected chi connectivity index (χ3v) is 3.95. The van der Waals surface area contributed by atoms with Crippen LogP contribution >= 0.6 is 22.9 Å². The van der Waals surface area contributed by atoms with Crippen molar-refractivity contribution in [1.29, 1.82) is 0 Å². The van der Waals surface area contributed by atoms with Crippen LogP contribution in [0.4, 0.5) is 14.3 Å². The first kappa shape index (κ1) is 16.6. The summed E-state index contributed by atoms with van der Waals surface area (Å²) in [4.78, 5) is 11.7.